The van der Waals surface area contributed by atoms with Gasteiger partial charge in [-0.25, -0.2) is 0 Å². The Labute approximate surface area is 150 Å². The van der Waals surface area contributed by atoms with Crippen LogP contribution in [0, 0.1) is 0 Å². The van der Waals surface area contributed by atoms with Gasteiger partial charge in [0.05, 0.1) is 11.1 Å². The normalized spacial score (nSPS) is 16.8. The zero-order valence-corrected chi connectivity index (χ0v) is 13.8. The zero-order valence-electron chi connectivity index (χ0n) is 13.8. The number of halogens is 6. The third-order valence-corrected chi connectivity index (χ3v) is 4.10. The lowest BCUT2D eigenvalue weighted by Gasteiger charge is -2.26. The highest BCUT2D eigenvalue weighted by atomic mass is 19.4. The summed E-state index contributed by atoms with van der Waals surface area (Å²) in [6.07, 6.45) is -7.68. The number of rotatable bonds is 2. The summed E-state index contributed by atoms with van der Waals surface area (Å²) in [5, 5.41) is 0. The lowest BCUT2D eigenvalue weighted by atomic mass is 9.77. The molecule has 0 aromatic heterocycles. The van der Waals surface area contributed by atoms with Gasteiger partial charge in [0.1, 0.15) is 5.78 Å². The molecule has 1 fully saturated rings. The number of alkyl halides is 6. The maximum atomic E-state index is 12.6. The molecule has 2 aromatic carbocycles. The topological polar surface area (TPSA) is 34.1 Å². The molecular weight excluding hydrogens is 374 g/mol. The molecular formula is C19H14F6O2. The monoisotopic (exact) mass is 388 g/mol. The largest absolute Gasteiger partial charge is 0.417 e. The van der Waals surface area contributed by atoms with Crippen molar-refractivity contribution in [1.29, 1.82) is 0 Å². The standard InChI is InChI=1S/C11H9F3O.C8H5F3O/c12-11(13,14)9-4-2-1-3-7(9)8-5-6-10(8)15;9-8(10,11)7-4-2-1-3-6(7)5-12/h1-4,8H,5-6H2;1-5H. The van der Waals surface area contributed by atoms with Crippen molar-refractivity contribution in [1.82, 2.24) is 0 Å². The second-order valence-electron chi connectivity index (χ2n) is 5.85. The Hall–Kier alpha value is -2.64. The highest BCUT2D eigenvalue weighted by Gasteiger charge is 2.39. The smallest absolute Gasteiger partial charge is 0.299 e. The number of carbonyl (C=O) groups excluding carboxylic acids is 2. The number of carbonyl (C=O) groups is 2. The summed E-state index contributed by atoms with van der Waals surface area (Å²) < 4.78 is 74.0. The Morgan fingerprint density at radius 1 is 0.815 bits per heavy atom. The van der Waals surface area contributed by atoms with Crippen LogP contribution in [-0.4, -0.2) is 12.1 Å². The van der Waals surface area contributed by atoms with Crippen LogP contribution in [0.25, 0.3) is 0 Å². The fourth-order valence-corrected chi connectivity index (χ4v) is 2.65. The average Bonchev–Trinajstić information content (AvgIpc) is 2.60. The summed E-state index contributed by atoms with van der Waals surface area (Å²) in [7, 11) is 0. The summed E-state index contributed by atoms with van der Waals surface area (Å²) in [6, 6.07) is 9.95. The van der Waals surface area contributed by atoms with Gasteiger partial charge in [0, 0.05) is 17.9 Å². The summed E-state index contributed by atoms with van der Waals surface area (Å²) in [5.74, 6) is -0.630. The second kappa shape index (κ2) is 7.94. The molecule has 0 N–H and O–H groups in total. The van der Waals surface area contributed by atoms with E-state index in [9.17, 15) is 35.9 Å². The molecule has 3 rings (SSSR count). The maximum Gasteiger partial charge on any atom is 0.417 e. The van der Waals surface area contributed by atoms with Crippen LogP contribution in [0.15, 0.2) is 48.5 Å². The first-order chi connectivity index (χ1) is 12.6. The van der Waals surface area contributed by atoms with Crippen LogP contribution in [0.1, 0.15) is 45.8 Å². The third kappa shape index (κ3) is 4.96. The van der Waals surface area contributed by atoms with E-state index in [1.165, 1.54) is 30.3 Å². The van der Waals surface area contributed by atoms with E-state index in [-0.39, 0.29) is 23.2 Å². The molecule has 8 heteroatoms. The maximum absolute atomic E-state index is 12.6. The van der Waals surface area contributed by atoms with Crippen molar-refractivity contribution in [2.45, 2.75) is 31.1 Å². The number of Topliss-reactive ketones (excluding diaryl/α,β-unsaturated/α-hetero) is 1. The van der Waals surface area contributed by atoms with E-state index in [4.69, 9.17) is 0 Å². The molecule has 1 saturated carbocycles. The number of hydrogen-bond acceptors (Lipinski definition) is 2. The van der Waals surface area contributed by atoms with Crippen molar-refractivity contribution in [3.8, 4) is 0 Å². The Balaban J connectivity index is 0.000000199. The van der Waals surface area contributed by atoms with Gasteiger partial charge in [0.15, 0.2) is 6.29 Å². The van der Waals surface area contributed by atoms with Gasteiger partial charge in [-0.1, -0.05) is 36.4 Å². The van der Waals surface area contributed by atoms with Crippen LogP contribution >= 0.6 is 0 Å². The number of aldehydes is 1. The Kier molecular flexibility index (Phi) is 6.08. The van der Waals surface area contributed by atoms with Gasteiger partial charge in [-0.3, -0.25) is 9.59 Å². The van der Waals surface area contributed by atoms with Crippen LogP contribution < -0.4 is 0 Å². The molecule has 0 amide bonds. The van der Waals surface area contributed by atoms with Crippen molar-refractivity contribution < 1.29 is 35.9 Å². The molecule has 27 heavy (non-hydrogen) atoms. The highest BCUT2D eigenvalue weighted by molar-refractivity contribution is 5.91. The van der Waals surface area contributed by atoms with E-state index >= 15 is 0 Å². The Morgan fingerprint density at radius 2 is 1.33 bits per heavy atom. The summed E-state index contributed by atoms with van der Waals surface area (Å²) in [6.45, 7) is 0. The van der Waals surface area contributed by atoms with E-state index in [0.717, 1.165) is 18.2 Å². The lowest BCUT2D eigenvalue weighted by molar-refractivity contribution is -0.139. The van der Waals surface area contributed by atoms with Crippen molar-refractivity contribution in [3.63, 3.8) is 0 Å². The van der Waals surface area contributed by atoms with Crippen molar-refractivity contribution >= 4 is 12.1 Å². The highest BCUT2D eigenvalue weighted by Crippen LogP contribution is 2.40. The van der Waals surface area contributed by atoms with Gasteiger partial charge in [-0.2, -0.15) is 26.3 Å². The van der Waals surface area contributed by atoms with Gasteiger partial charge in [0.25, 0.3) is 0 Å². The predicted molar refractivity (Wildman–Crippen MR) is 85.3 cm³/mol. The molecule has 1 aliphatic rings. The predicted octanol–water partition coefficient (Wildman–Crippen LogP) is 5.67. The van der Waals surface area contributed by atoms with Crippen LogP contribution in [0.4, 0.5) is 26.3 Å². The molecule has 2 nitrogen and oxygen atoms in total. The van der Waals surface area contributed by atoms with Crippen LogP contribution in [0.5, 0.6) is 0 Å². The zero-order chi connectivity index (χ0) is 20.2. The fraction of sp³-hybridized carbons (Fsp3) is 0.263. The van der Waals surface area contributed by atoms with E-state index < -0.39 is 29.4 Å². The fourth-order valence-electron chi connectivity index (χ4n) is 2.65. The molecule has 0 aliphatic heterocycles. The second-order valence-corrected chi connectivity index (χ2v) is 5.85. The van der Waals surface area contributed by atoms with E-state index in [0.29, 0.717) is 12.8 Å². The lowest BCUT2D eigenvalue weighted by Crippen LogP contribution is -2.26. The summed E-state index contributed by atoms with van der Waals surface area (Å²) in [5.41, 5.74) is -1.77. The molecule has 1 aliphatic carbocycles. The third-order valence-electron chi connectivity index (χ3n) is 4.10. The molecule has 1 atom stereocenters. The molecule has 0 bridgehead atoms. The van der Waals surface area contributed by atoms with Crippen LogP contribution in [0.2, 0.25) is 0 Å². The summed E-state index contributed by atoms with van der Waals surface area (Å²) in [4.78, 5) is 21.3. The van der Waals surface area contributed by atoms with Crippen LogP contribution in [-0.2, 0) is 17.1 Å². The summed E-state index contributed by atoms with van der Waals surface area (Å²) >= 11 is 0. The Morgan fingerprint density at radius 3 is 1.74 bits per heavy atom. The van der Waals surface area contributed by atoms with Gasteiger partial charge in [-0.05, 0) is 24.1 Å². The van der Waals surface area contributed by atoms with Gasteiger partial charge in [-0.15, -0.1) is 0 Å². The molecule has 0 saturated heterocycles. The van der Waals surface area contributed by atoms with E-state index in [2.05, 4.69) is 0 Å². The molecule has 0 radical (unpaired) electrons. The molecule has 144 valence electrons. The van der Waals surface area contributed by atoms with Crippen LogP contribution in [0.3, 0.4) is 0 Å². The molecule has 0 heterocycles. The molecule has 0 spiro atoms. The van der Waals surface area contributed by atoms with Crippen molar-refractivity contribution in [3.05, 3.63) is 70.8 Å². The van der Waals surface area contributed by atoms with Gasteiger partial charge >= 0.3 is 12.4 Å². The first-order valence-electron chi connectivity index (χ1n) is 7.86. The minimum Gasteiger partial charge on any atom is -0.299 e. The SMILES string of the molecule is O=C1CCC1c1ccccc1C(F)(F)F.O=Cc1ccccc1C(F)(F)F. The van der Waals surface area contributed by atoms with Crippen molar-refractivity contribution in [2.75, 3.05) is 0 Å². The van der Waals surface area contributed by atoms with E-state index in [1.54, 1.807) is 0 Å². The number of hydrogen-bond donors (Lipinski definition) is 0. The number of benzene rings is 2. The quantitative estimate of drug-likeness (QED) is 0.491. The first-order valence-corrected chi connectivity index (χ1v) is 7.86. The van der Waals surface area contributed by atoms with Crippen molar-refractivity contribution in [2.24, 2.45) is 0 Å². The number of ketones is 1. The minimum absolute atomic E-state index is 0.0910. The molecule has 2 aromatic rings. The molecule has 1 unspecified atom stereocenters. The average molecular weight is 388 g/mol. The van der Waals surface area contributed by atoms with E-state index in [1.807, 2.05) is 0 Å². The Bertz CT molecular complexity index is 823. The van der Waals surface area contributed by atoms with Gasteiger partial charge in [0.2, 0.25) is 0 Å². The van der Waals surface area contributed by atoms with Gasteiger partial charge < -0.3 is 0 Å². The minimum atomic E-state index is -4.45. The first kappa shape index (κ1) is 20.7.